The fourth-order valence-electron chi connectivity index (χ4n) is 2.57. The predicted octanol–water partition coefficient (Wildman–Crippen LogP) is 2.38. The number of para-hydroxylation sites is 1. The standard InChI is InChI=1S/C15H22ClN3O/c1-10(2)19-7-6-11(9-19)8-18-15(20)12-4-3-5-13(16)14(12)17/h3-5,10-11H,6-9,17H2,1-2H3,(H,18,20). The summed E-state index contributed by atoms with van der Waals surface area (Å²) < 4.78 is 0. The van der Waals surface area contributed by atoms with E-state index in [-0.39, 0.29) is 5.91 Å². The fourth-order valence-corrected chi connectivity index (χ4v) is 2.74. The van der Waals surface area contributed by atoms with Gasteiger partial charge in [0.05, 0.1) is 16.3 Å². The van der Waals surface area contributed by atoms with E-state index < -0.39 is 0 Å². The van der Waals surface area contributed by atoms with Crippen LogP contribution in [0, 0.1) is 5.92 Å². The molecule has 0 aromatic heterocycles. The number of hydrogen-bond acceptors (Lipinski definition) is 3. The van der Waals surface area contributed by atoms with E-state index in [4.69, 9.17) is 17.3 Å². The molecular weight excluding hydrogens is 274 g/mol. The number of nitrogen functional groups attached to an aromatic ring is 1. The molecule has 1 unspecified atom stereocenters. The largest absolute Gasteiger partial charge is 0.397 e. The molecule has 0 bridgehead atoms. The maximum Gasteiger partial charge on any atom is 0.253 e. The molecule has 1 aliphatic heterocycles. The number of likely N-dealkylation sites (tertiary alicyclic amines) is 1. The van der Waals surface area contributed by atoms with Gasteiger partial charge in [-0.25, -0.2) is 0 Å². The average Bonchev–Trinajstić information content (AvgIpc) is 2.88. The van der Waals surface area contributed by atoms with Crippen LogP contribution in [-0.2, 0) is 0 Å². The number of nitrogens with two attached hydrogens (primary N) is 1. The Balaban J connectivity index is 1.89. The second-order valence-electron chi connectivity index (χ2n) is 5.65. The molecule has 1 heterocycles. The van der Waals surface area contributed by atoms with E-state index in [9.17, 15) is 4.79 Å². The molecular formula is C15H22ClN3O. The lowest BCUT2D eigenvalue weighted by atomic mass is 10.1. The van der Waals surface area contributed by atoms with Gasteiger partial charge in [-0.1, -0.05) is 17.7 Å². The van der Waals surface area contributed by atoms with Gasteiger partial charge in [0.15, 0.2) is 0 Å². The quantitative estimate of drug-likeness (QED) is 0.839. The summed E-state index contributed by atoms with van der Waals surface area (Å²) in [6, 6.07) is 5.69. The van der Waals surface area contributed by atoms with Crippen molar-refractivity contribution in [2.75, 3.05) is 25.4 Å². The number of carbonyl (C=O) groups is 1. The molecule has 1 atom stereocenters. The van der Waals surface area contributed by atoms with Crippen molar-refractivity contribution in [3.8, 4) is 0 Å². The lowest BCUT2D eigenvalue weighted by molar-refractivity contribution is 0.0948. The van der Waals surface area contributed by atoms with Gasteiger partial charge in [0.1, 0.15) is 0 Å². The number of halogens is 1. The Labute approximate surface area is 125 Å². The van der Waals surface area contributed by atoms with E-state index in [0.717, 1.165) is 19.5 Å². The first-order valence-electron chi connectivity index (χ1n) is 7.05. The summed E-state index contributed by atoms with van der Waals surface area (Å²) in [4.78, 5) is 14.6. The summed E-state index contributed by atoms with van der Waals surface area (Å²) in [5.41, 5.74) is 6.63. The predicted molar refractivity (Wildman–Crippen MR) is 83.0 cm³/mol. The Kier molecular flexibility index (Phi) is 4.89. The number of carbonyl (C=O) groups excluding carboxylic acids is 1. The minimum absolute atomic E-state index is 0.145. The van der Waals surface area contributed by atoms with Gasteiger partial charge in [-0.2, -0.15) is 0 Å². The van der Waals surface area contributed by atoms with Crippen LogP contribution in [0.4, 0.5) is 5.69 Å². The molecule has 1 fully saturated rings. The first kappa shape index (κ1) is 15.1. The fraction of sp³-hybridized carbons (Fsp3) is 0.533. The second kappa shape index (κ2) is 6.46. The molecule has 4 nitrogen and oxygen atoms in total. The first-order valence-corrected chi connectivity index (χ1v) is 7.43. The molecule has 1 aromatic rings. The normalized spacial score (nSPS) is 19.5. The Morgan fingerprint density at radius 3 is 2.95 bits per heavy atom. The number of rotatable bonds is 4. The van der Waals surface area contributed by atoms with E-state index >= 15 is 0 Å². The van der Waals surface area contributed by atoms with Gasteiger partial charge in [-0.05, 0) is 44.9 Å². The van der Waals surface area contributed by atoms with Gasteiger partial charge in [0.2, 0.25) is 0 Å². The summed E-state index contributed by atoms with van der Waals surface area (Å²) >= 11 is 5.93. The molecule has 1 aromatic carbocycles. The van der Waals surface area contributed by atoms with Crippen LogP contribution in [0.5, 0.6) is 0 Å². The summed E-state index contributed by atoms with van der Waals surface area (Å²) in [6.07, 6.45) is 1.13. The number of benzene rings is 1. The molecule has 2 rings (SSSR count). The maximum atomic E-state index is 12.1. The number of nitrogens with zero attached hydrogens (tertiary/aromatic N) is 1. The van der Waals surface area contributed by atoms with Crippen molar-refractivity contribution in [2.24, 2.45) is 5.92 Å². The third-order valence-electron chi connectivity index (χ3n) is 3.90. The number of amides is 1. The topological polar surface area (TPSA) is 58.4 Å². The van der Waals surface area contributed by atoms with E-state index in [2.05, 4.69) is 24.1 Å². The number of nitrogens with one attached hydrogen (secondary N) is 1. The summed E-state index contributed by atoms with van der Waals surface area (Å²) in [7, 11) is 0. The Morgan fingerprint density at radius 2 is 2.30 bits per heavy atom. The Bertz CT molecular complexity index is 490. The van der Waals surface area contributed by atoms with E-state index in [1.54, 1.807) is 18.2 Å². The molecule has 0 spiro atoms. The van der Waals surface area contributed by atoms with Crippen molar-refractivity contribution in [1.29, 1.82) is 0 Å². The van der Waals surface area contributed by atoms with Crippen molar-refractivity contribution in [2.45, 2.75) is 26.3 Å². The van der Waals surface area contributed by atoms with Crippen LogP contribution in [0.25, 0.3) is 0 Å². The van der Waals surface area contributed by atoms with Crippen molar-refractivity contribution in [3.63, 3.8) is 0 Å². The van der Waals surface area contributed by atoms with Crippen molar-refractivity contribution < 1.29 is 4.79 Å². The molecule has 1 saturated heterocycles. The van der Waals surface area contributed by atoms with Crippen molar-refractivity contribution >= 4 is 23.2 Å². The highest BCUT2D eigenvalue weighted by Crippen LogP contribution is 2.22. The van der Waals surface area contributed by atoms with Crippen LogP contribution < -0.4 is 11.1 Å². The van der Waals surface area contributed by atoms with Crippen molar-refractivity contribution in [3.05, 3.63) is 28.8 Å². The Hall–Kier alpha value is -1.26. The van der Waals surface area contributed by atoms with Crippen molar-refractivity contribution in [1.82, 2.24) is 10.2 Å². The molecule has 5 heteroatoms. The van der Waals surface area contributed by atoms with E-state index in [1.807, 2.05) is 0 Å². The van der Waals surface area contributed by atoms with E-state index in [1.165, 1.54) is 0 Å². The van der Waals surface area contributed by atoms with Gasteiger partial charge in [0, 0.05) is 19.1 Å². The molecule has 0 aliphatic carbocycles. The minimum Gasteiger partial charge on any atom is -0.397 e. The molecule has 1 aliphatic rings. The number of hydrogen-bond donors (Lipinski definition) is 2. The van der Waals surface area contributed by atoms with Crippen LogP contribution in [0.15, 0.2) is 18.2 Å². The molecule has 3 N–H and O–H groups in total. The van der Waals surface area contributed by atoms with E-state index in [0.29, 0.717) is 34.8 Å². The third kappa shape index (κ3) is 3.44. The average molecular weight is 296 g/mol. The van der Waals surface area contributed by atoms with Gasteiger partial charge in [0.25, 0.3) is 5.91 Å². The highest BCUT2D eigenvalue weighted by Gasteiger charge is 2.24. The third-order valence-corrected chi connectivity index (χ3v) is 4.23. The summed E-state index contributed by atoms with van der Waals surface area (Å²) in [5, 5.41) is 3.39. The lowest BCUT2D eigenvalue weighted by Gasteiger charge is -2.20. The summed E-state index contributed by atoms with van der Waals surface area (Å²) in [6.45, 7) is 7.25. The zero-order valence-corrected chi connectivity index (χ0v) is 12.8. The van der Waals surface area contributed by atoms with Crippen LogP contribution in [0.1, 0.15) is 30.6 Å². The molecule has 0 radical (unpaired) electrons. The van der Waals surface area contributed by atoms with Crippen LogP contribution in [0.3, 0.4) is 0 Å². The highest BCUT2D eigenvalue weighted by atomic mass is 35.5. The molecule has 110 valence electrons. The SMILES string of the molecule is CC(C)N1CCC(CNC(=O)c2cccc(Cl)c2N)C1. The van der Waals surface area contributed by atoms with Crippen LogP contribution in [-0.4, -0.2) is 36.5 Å². The minimum atomic E-state index is -0.145. The molecule has 20 heavy (non-hydrogen) atoms. The zero-order valence-electron chi connectivity index (χ0n) is 12.0. The van der Waals surface area contributed by atoms with Crippen LogP contribution >= 0.6 is 11.6 Å². The zero-order chi connectivity index (χ0) is 14.7. The van der Waals surface area contributed by atoms with Gasteiger partial charge >= 0.3 is 0 Å². The first-order chi connectivity index (χ1) is 9.49. The smallest absolute Gasteiger partial charge is 0.253 e. The summed E-state index contributed by atoms with van der Waals surface area (Å²) in [5.74, 6) is 0.370. The molecule has 0 saturated carbocycles. The Morgan fingerprint density at radius 1 is 1.55 bits per heavy atom. The van der Waals surface area contributed by atoms with Gasteiger partial charge < -0.3 is 16.0 Å². The van der Waals surface area contributed by atoms with Gasteiger partial charge in [-0.3, -0.25) is 4.79 Å². The maximum absolute atomic E-state index is 12.1. The van der Waals surface area contributed by atoms with Crippen LogP contribution in [0.2, 0.25) is 5.02 Å². The second-order valence-corrected chi connectivity index (χ2v) is 6.06. The highest BCUT2D eigenvalue weighted by molar-refractivity contribution is 6.33. The van der Waals surface area contributed by atoms with Gasteiger partial charge in [-0.15, -0.1) is 0 Å². The number of anilines is 1. The molecule has 1 amide bonds. The monoisotopic (exact) mass is 295 g/mol. The lowest BCUT2D eigenvalue weighted by Crippen LogP contribution is -2.33.